The van der Waals surface area contributed by atoms with Gasteiger partial charge in [0.05, 0.1) is 16.1 Å². The van der Waals surface area contributed by atoms with E-state index in [9.17, 15) is 15.2 Å². The number of aromatic amines is 1. The number of azo groups is 1. The Balaban J connectivity index is 1.97. The number of nitrogens with one attached hydrogen (secondary N) is 1. The fourth-order valence-corrected chi connectivity index (χ4v) is 2.19. The molecule has 22 heavy (non-hydrogen) atoms. The van der Waals surface area contributed by atoms with Crippen molar-refractivity contribution in [2.75, 3.05) is 0 Å². The number of hydrogen-bond donors (Lipinski definition) is 2. The second kappa shape index (κ2) is 5.28. The van der Waals surface area contributed by atoms with Gasteiger partial charge in [0.15, 0.2) is 5.69 Å². The monoisotopic (exact) mass is 296 g/mol. The molecule has 0 saturated carbocycles. The smallest absolute Gasteiger partial charge is 0.269 e. The van der Waals surface area contributed by atoms with Crippen molar-refractivity contribution in [2.45, 2.75) is 6.92 Å². The van der Waals surface area contributed by atoms with Crippen molar-refractivity contribution in [3.8, 4) is 5.88 Å². The standard InChI is InChI=1S/C15H12N4O3/c1-9-3-2-4-12-13(9)16-15(20)14(12)18-17-10-5-7-11(8-6-10)19(21)22/h2-8,16,20H,1H3. The van der Waals surface area contributed by atoms with Gasteiger partial charge in [-0.1, -0.05) is 18.2 Å². The van der Waals surface area contributed by atoms with E-state index in [-0.39, 0.29) is 11.6 Å². The molecule has 0 spiro atoms. The van der Waals surface area contributed by atoms with E-state index in [4.69, 9.17) is 0 Å². The van der Waals surface area contributed by atoms with Crippen molar-refractivity contribution in [3.63, 3.8) is 0 Å². The molecular weight excluding hydrogens is 284 g/mol. The Morgan fingerprint density at radius 3 is 2.55 bits per heavy atom. The van der Waals surface area contributed by atoms with E-state index in [0.29, 0.717) is 11.4 Å². The first-order valence-corrected chi connectivity index (χ1v) is 6.52. The quantitative estimate of drug-likeness (QED) is 0.422. The number of nitrogens with zero attached hydrogens (tertiary/aromatic N) is 3. The zero-order valence-electron chi connectivity index (χ0n) is 11.6. The van der Waals surface area contributed by atoms with E-state index in [1.807, 2.05) is 25.1 Å². The van der Waals surface area contributed by atoms with Crippen molar-refractivity contribution in [3.05, 3.63) is 58.1 Å². The summed E-state index contributed by atoms with van der Waals surface area (Å²) in [7, 11) is 0. The molecule has 0 bridgehead atoms. The average Bonchev–Trinajstić information content (AvgIpc) is 2.83. The molecule has 1 aromatic heterocycles. The molecule has 0 atom stereocenters. The minimum atomic E-state index is -0.477. The van der Waals surface area contributed by atoms with Crippen LogP contribution in [-0.4, -0.2) is 15.0 Å². The number of aromatic nitrogens is 1. The number of aryl methyl sites for hydroxylation is 1. The highest BCUT2D eigenvalue weighted by Crippen LogP contribution is 2.37. The van der Waals surface area contributed by atoms with Gasteiger partial charge in [0.2, 0.25) is 5.88 Å². The lowest BCUT2D eigenvalue weighted by atomic mass is 10.1. The third-order valence-electron chi connectivity index (χ3n) is 3.32. The van der Waals surface area contributed by atoms with Crippen LogP contribution in [-0.2, 0) is 0 Å². The number of para-hydroxylation sites is 1. The number of H-pyrrole nitrogens is 1. The van der Waals surface area contributed by atoms with Gasteiger partial charge in [-0.05, 0) is 24.6 Å². The van der Waals surface area contributed by atoms with Crippen LogP contribution in [0.5, 0.6) is 5.88 Å². The van der Waals surface area contributed by atoms with Gasteiger partial charge in [0.25, 0.3) is 5.69 Å². The average molecular weight is 296 g/mol. The summed E-state index contributed by atoms with van der Waals surface area (Å²) in [6.45, 7) is 1.93. The molecule has 0 amide bonds. The highest BCUT2D eigenvalue weighted by atomic mass is 16.6. The Labute approximate surface area is 125 Å². The number of nitro benzene ring substituents is 1. The zero-order valence-corrected chi connectivity index (χ0v) is 11.6. The van der Waals surface area contributed by atoms with Gasteiger partial charge in [-0.2, -0.15) is 5.11 Å². The van der Waals surface area contributed by atoms with Gasteiger partial charge in [0.1, 0.15) is 0 Å². The first-order valence-electron chi connectivity index (χ1n) is 6.52. The lowest BCUT2D eigenvalue weighted by Gasteiger charge is -1.95. The van der Waals surface area contributed by atoms with Crippen LogP contribution < -0.4 is 0 Å². The lowest BCUT2D eigenvalue weighted by Crippen LogP contribution is -1.85. The van der Waals surface area contributed by atoms with Gasteiger partial charge in [-0.3, -0.25) is 10.1 Å². The fraction of sp³-hybridized carbons (Fsp3) is 0.0667. The summed E-state index contributed by atoms with van der Waals surface area (Å²) in [4.78, 5) is 13.0. The molecule has 0 aliphatic rings. The van der Waals surface area contributed by atoms with E-state index in [1.165, 1.54) is 24.3 Å². The van der Waals surface area contributed by atoms with Crippen LogP contribution in [0.2, 0.25) is 0 Å². The molecule has 0 unspecified atom stereocenters. The van der Waals surface area contributed by atoms with Crippen molar-refractivity contribution >= 4 is 28.0 Å². The molecule has 110 valence electrons. The predicted octanol–water partition coefficient (Wildman–Crippen LogP) is 4.51. The van der Waals surface area contributed by atoms with Crippen LogP contribution >= 0.6 is 0 Å². The van der Waals surface area contributed by atoms with Gasteiger partial charge in [0, 0.05) is 17.5 Å². The molecule has 3 rings (SSSR count). The Hall–Kier alpha value is -3.22. The first-order chi connectivity index (χ1) is 10.6. The summed E-state index contributed by atoms with van der Waals surface area (Å²) in [5, 5.41) is 29.4. The highest BCUT2D eigenvalue weighted by molar-refractivity contribution is 5.95. The fourth-order valence-electron chi connectivity index (χ4n) is 2.19. The second-order valence-corrected chi connectivity index (χ2v) is 4.79. The largest absolute Gasteiger partial charge is 0.493 e. The third kappa shape index (κ3) is 2.39. The van der Waals surface area contributed by atoms with Crippen LogP contribution in [0.25, 0.3) is 10.9 Å². The molecule has 3 aromatic rings. The molecule has 0 aliphatic heterocycles. The maximum Gasteiger partial charge on any atom is 0.269 e. The number of rotatable bonds is 3. The Morgan fingerprint density at radius 1 is 1.14 bits per heavy atom. The molecule has 0 radical (unpaired) electrons. The second-order valence-electron chi connectivity index (χ2n) is 4.79. The molecule has 2 N–H and O–H groups in total. The van der Waals surface area contributed by atoms with Gasteiger partial charge in [-0.15, -0.1) is 5.11 Å². The van der Waals surface area contributed by atoms with Crippen LogP contribution in [0.3, 0.4) is 0 Å². The van der Waals surface area contributed by atoms with Crippen molar-refractivity contribution in [1.29, 1.82) is 0 Å². The Bertz CT molecular complexity index is 882. The lowest BCUT2D eigenvalue weighted by molar-refractivity contribution is -0.384. The topological polar surface area (TPSA) is 104 Å². The van der Waals surface area contributed by atoms with E-state index in [2.05, 4.69) is 15.2 Å². The van der Waals surface area contributed by atoms with Crippen molar-refractivity contribution < 1.29 is 10.0 Å². The SMILES string of the molecule is Cc1cccc2c(N=Nc3ccc([N+](=O)[O-])cc3)c(O)[nH]c12. The number of nitro groups is 1. The first kappa shape index (κ1) is 13.7. The predicted molar refractivity (Wildman–Crippen MR) is 82.0 cm³/mol. The van der Waals surface area contributed by atoms with Gasteiger partial charge < -0.3 is 10.1 Å². The summed E-state index contributed by atoms with van der Waals surface area (Å²) >= 11 is 0. The number of aromatic hydroxyl groups is 1. The van der Waals surface area contributed by atoms with Crippen LogP contribution in [0.15, 0.2) is 52.7 Å². The number of benzene rings is 2. The van der Waals surface area contributed by atoms with Crippen LogP contribution in [0.4, 0.5) is 17.1 Å². The number of fused-ring (bicyclic) bond motifs is 1. The summed E-state index contributed by atoms with van der Waals surface area (Å²) in [5.74, 6) is -0.0602. The Kier molecular flexibility index (Phi) is 3.30. The molecule has 0 fully saturated rings. The molecular formula is C15H12N4O3. The molecule has 0 saturated heterocycles. The van der Waals surface area contributed by atoms with E-state index < -0.39 is 4.92 Å². The normalized spacial score (nSPS) is 11.3. The summed E-state index contributed by atoms with van der Waals surface area (Å²) < 4.78 is 0. The van der Waals surface area contributed by atoms with Gasteiger partial charge in [-0.25, -0.2) is 0 Å². The summed E-state index contributed by atoms with van der Waals surface area (Å²) in [5.41, 5.74) is 2.59. The highest BCUT2D eigenvalue weighted by Gasteiger charge is 2.11. The molecule has 0 aliphatic carbocycles. The Morgan fingerprint density at radius 2 is 1.86 bits per heavy atom. The maximum absolute atomic E-state index is 10.6. The molecule has 1 heterocycles. The number of non-ortho nitro benzene ring substituents is 1. The molecule has 7 nitrogen and oxygen atoms in total. The minimum absolute atomic E-state index is 0.00971. The van der Waals surface area contributed by atoms with Crippen LogP contribution in [0.1, 0.15) is 5.56 Å². The minimum Gasteiger partial charge on any atom is -0.493 e. The maximum atomic E-state index is 10.6. The van der Waals surface area contributed by atoms with Gasteiger partial charge >= 0.3 is 0 Å². The molecule has 7 heteroatoms. The zero-order chi connectivity index (χ0) is 15.7. The molecule has 2 aromatic carbocycles. The third-order valence-corrected chi connectivity index (χ3v) is 3.32. The van der Waals surface area contributed by atoms with E-state index in [0.717, 1.165) is 16.5 Å². The van der Waals surface area contributed by atoms with Crippen molar-refractivity contribution in [1.82, 2.24) is 4.98 Å². The van der Waals surface area contributed by atoms with E-state index >= 15 is 0 Å². The number of hydrogen-bond acceptors (Lipinski definition) is 5. The van der Waals surface area contributed by atoms with E-state index in [1.54, 1.807) is 0 Å². The van der Waals surface area contributed by atoms with Crippen LogP contribution in [0, 0.1) is 17.0 Å². The van der Waals surface area contributed by atoms with Crippen molar-refractivity contribution in [2.24, 2.45) is 10.2 Å². The summed E-state index contributed by atoms with van der Waals surface area (Å²) in [6.07, 6.45) is 0. The summed E-state index contributed by atoms with van der Waals surface area (Å²) in [6, 6.07) is 11.3.